The highest BCUT2D eigenvalue weighted by Crippen LogP contribution is 2.18. The lowest BCUT2D eigenvalue weighted by atomic mass is 10.2. The molecule has 0 aliphatic heterocycles. The summed E-state index contributed by atoms with van der Waals surface area (Å²) in [5.74, 6) is 0. The minimum Gasteiger partial charge on any atom is -0.382 e. The van der Waals surface area contributed by atoms with Crippen LogP contribution in [-0.4, -0.2) is 36.5 Å². The number of nitrogens with zero attached hydrogens (tertiary/aromatic N) is 1. The lowest BCUT2D eigenvalue weighted by molar-refractivity contribution is 0.0684. The first-order valence-corrected chi connectivity index (χ1v) is 7.39. The van der Waals surface area contributed by atoms with Crippen molar-refractivity contribution in [2.75, 3.05) is 26.9 Å². The Morgan fingerprint density at radius 2 is 2.05 bits per heavy atom. The van der Waals surface area contributed by atoms with Crippen LogP contribution >= 0.6 is 12.2 Å². The van der Waals surface area contributed by atoms with E-state index in [4.69, 9.17) is 21.7 Å². The molecule has 0 unspecified atom stereocenters. The largest absolute Gasteiger partial charge is 0.382 e. The van der Waals surface area contributed by atoms with Gasteiger partial charge in [0.1, 0.15) is 0 Å². The number of rotatable bonds is 8. The summed E-state index contributed by atoms with van der Waals surface area (Å²) in [4.78, 5) is 3.29. The van der Waals surface area contributed by atoms with Crippen LogP contribution in [0.5, 0.6) is 0 Å². The molecular weight excluding hydrogens is 272 g/mol. The van der Waals surface area contributed by atoms with Gasteiger partial charge in [0.2, 0.25) is 0 Å². The Morgan fingerprint density at radius 3 is 2.85 bits per heavy atom. The molecule has 0 aliphatic rings. The van der Waals surface area contributed by atoms with Gasteiger partial charge >= 0.3 is 0 Å². The lowest BCUT2D eigenvalue weighted by Crippen LogP contribution is -2.04. The number of H-pyrrole nitrogens is 1. The summed E-state index contributed by atoms with van der Waals surface area (Å²) in [5.41, 5.74) is 3.57. The number of unbranched alkanes of at least 4 members (excludes halogenated alkanes) is 1. The maximum absolute atomic E-state index is 5.46. The van der Waals surface area contributed by atoms with E-state index in [0.717, 1.165) is 36.3 Å². The molecule has 0 spiro atoms. The first-order valence-electron chi connectivity index (χ1n) is 6.99. The van der Waals surface area contributed by atoms with Gasteiger partial charge in [-0.25, -0.2) is 0 Å². The van der Waals surface area contributed by atoms with Crippen LogP contribution in [-0.2, 0) is 16.0 Å². The molecule has 0 atom stereocenters. The monoisotopic (exact) mass is 294 g/mol. The van der Waals surface area contributed by atoms with E-state index < -0.39 is 0 Å². The van der Waals surface area contributed by atoms with Crippen molar-refractivity contribution in [3.05, 3.63) is 28.5 Å². The number of hydrogen-bond acceptors (Lipinski definition) is 3. The molecule has 1 N–H and O–H groups in total. The summed E-state index contributed by atoms with van der Waals surface area (Å²) in [6.45, 7) is 5.13. The highest BCUT2D eigenvalue weighted by Gasteiger charge is 2.05. The molecule has 20 heavy (non-hydrogen) atoms. The van der Waals surface area contributed by atoms with Gasteiger partial charge in [0.25, 0.3) is 0 Å². The Hall–Kier alpha value is -1.17. The molecule has 0 fully saturated rings. The molecule has 0 amide bonds. The fourth-order valence-electron chi connectivity index (χ4n) is 2.26. The van der Waals surface area contributed by atoms with Crippen LogP contribution in [0.2, 0.25) is 0 Å². The van der Waals surface area contributed by atoms with Gasteiger partial charge in [-0.15, -0.1) is 0 Å². The van der Waals surface area contributed by atoms with Gasteiger partial charge in [-0.1, -0.05) is 12.1 Å². The molecule has 0 bridgehead atoms. The van der Waals surface area contributed by atoms with E-state index in [9.17, 15) is 0 Å². The van der Waals surface area contributed by atoms with Crippen molar-refractivity contribution in [1.82, 2.24) is 9.55 Å². The van der Waals surface area contributed by atoms with Gasteiger partial charge < -0.3 is 19.0 Å². The van der Waals surface area contributed by atoms with E-state index in [1.54, 1.807) is 7.11 Å². The molecule has 1 aromatic carbocycles. The van der Waals surface area contributed by atoms with Crippen LogP contribution in [0, 0.1) is 11.7 Å². The van der Waals surface area contributed by atoms with Crippen molar-refractivity contribution >= 4 is 23.3 Å². The van der Waals surface area contributed by atoms with Gasteiger partial charge in [-0.05, 0) is 43.6 Å². The molecule has 5 heteroatoms. The Morgan fingerprint density at radius 1 is 1.20 bits per heavy atom. The van der Waals surface area contributed by atoms with Crippen LogP contribution in [0.15, 0.2) is 18.2 Å². The average molecular weight is 294 g/mol. The quantitative estimate of drug-likeness (QED) is 0.599. The van der Waals surface area contributed by atoms with E-state index in [1.807, 2.05) is 0 Å². The summed E-state index contributed by atoms with van der Waals surface area (Å²) in [5, 5.41) is 0. The predicted molar refractivity (Wildman–Crippen MR) is 83.8 cm³/mol. The third-order valence-electron chi connectivity index (χ3n) is 3.37. The number of fused-ring (bicyclic) bond motifs is 1. The van der Waals surface area contributed by atoms with Crippen LogP contribution < -0.4 is 0 Å². The lowest BCUT2D eigenvalue weighted by Gasteiger charge is -2.06. The van der Waals surface area contributed by atoms with E-state index in [1.165, 1.54) is 11.1 Å². The fourth-order valence-corrected chi connectivity index (χ4v) is 2.56. The highest BCUT2D eigenvalue weighted by molar-refractivity contribution is 7.71. The van der Waals surface area contributed by atoms with Gasteiger partial charge in [0, 0.05) is 20.3 Å². The SMILES string of the molecule is COCCOCCCCn1c(=S)[nH]c2c(C)cccc21. The van der Waals surface area contributed by atoms with Crippen molar-refractivity contribution in [3.63, 3.8) is 0 Å². The molecule has 4 nitrogen and oxygen atoms in total. The minimum absolute atomic E-state index is 0.660. The third-order valence-corrected chi connectivity index (χ3v) is 3.69. The number of aromatic amines is 1. The van der Waals surface area contributed by atoms with Crippen molar-refractivity contribution in [2.45, 2.75) is 26.3 Å². The smallest absolute Gasteiger partial charge is 0.178 e. The zero-order valence-corrected chi connectivity index (χ0v) is 13.0. The van der Waals surface area contributed by atoms with Crippen molar-refractivity contribution < 1.29 is 9.47 Å². The number of ether oxygens (including phenoxy) is 2. The second kappa shape index (κ2) is 7.57. The molecule has 0 radical (unpaired) electrons. The first kappa shape index (κ1) is 15.2. The summed E-state index contributed by atoms with van der Waals surface area (Å²) in [6.07, 6.45) is 2.09. The molecule has 0 aliphatic carbocycles. The van der Waals surface area contributed by atoms with E-state index >= 15 is 0 Å². The zero-order valence-electron chi connectivity index (χ0n) is 12.1. The van der Waals surface area contributed by atoms with E-state index in [0.29, 0.717) is 13.2 Å². The van der Waals surface area contributed by atoms with Crippen molar-refractivity contribution in [3.8, 4) is 0 Å². The molecule has 0 saturated carbocycles. The Labute approximate surface area is 124 Å². The number of nitrogens with one attached hydrogen (secondary N) is 1. The van der Waals surface area contributed by atoms with Gasteiger partial charge in [-0.2, -0.15) is 0 Å². The number of hydrogen-bond donors (Lipinski definition) is 1. The van der Waals surface area contributed by atoms with E-state index in [-0.39, 0.29) is 0 Å². The third kappa shape index (κ3) is 3.69. The van der Waals surface area contributed by atoms with Crippen LogP contribution in [0.4, 0.5) is 0 Å². The van der Waals surface area contributed by atoms with Crippen LogP contribution in [0.25, 0.3) is 11.0 Å². The number of aromatic nitrogens is 2. The topological polar surface area (TPSA) is 39.2 Å². The number of imidazole rings is 1. The number of methoxy groups -OCH3 is 1. The second-order valence-electron chi connectivity index (χ2n) is 4.86. The first-order chi connectivity index (χ1) is 9.74. The van der Waals surface area contributed by atoms with Crippen LogP contribution in [0.3, 0.4) is 0 Å². The Bertz CT molecular complexity index is 603. The number of aryl methyl sites for hydroxylation is 2. The van der Waals surface area contributed by atoms with Crippen molar-refractivity contribution in [2.24, 2.45) is 0 Å². The average Bonchev–Trinajstić information content (AvgIpc) is 2.76. The summed E-state index contributed by atoms with van der Waals surface area (Å²) in [7, 11) is 1.68. The standard InChI is InChI=1S/C15H22N2O2S/c1-12-6-5-7-13-14(12)16-15(20)17(13)8-3-4-9-19-11-10-18-2/h5-7H,3-4,8-11H2,1-2H3,(H,16,20). The molecular formula is C15H22N2O2S. The molecule has 2 aromatic rings. The summed E-state index contributed by atoms with van der Waals surface area (Å²) < 4.78 is 13.4. The zero-order chi connectivity index (χ0) is 14.4. The van der Waals surface area contributed by atoms with Gasteiger partial charge in [0.15, 0.2) is 4.77 Å². The molecule has 0 saturated heterocycles. The Balaban J connectivity index is 1.89. The second-order valence-corrected chi connectivity index (χ2v) is 5.25. The number of benzene rings is 1. The molecule has 1 heterocycles. The highest BCUT2D eigenvalue weighted by atomic mass is 32.1. The van der Waals surface area contributed by atoms with Crippen LogP contribution in [0.1, 0.15) is 18.4 Å². The maximum atomic E-state index is 5.46. The summed E-state index contributed by atoms with van der Waals surface area (Å²) in [6, 6.07) is 6.29. The minimum atomic E-state index is 0.660. The normalized spacial score (nSPS) is 11.3. The molecule has 1 aromatic heterocycles. The summed E-state index contributed by atoms with van der Waals surface area (Å²) >= 11 is 5.41. The molecule has 2 rings (SSSR count). The van der Waals surface area contributed by atoms with E-state index in [2.05, 4.69) is 34.7 Å². The molecule has 110 valence electrons. The van der Waals surface area contributed by atoms with Gasteiger partial charge in [-0.3, -0.25) is 0 Å². The Kier molecular flexibility index (Phi) is 5.76. The maximum Gasteiger partial charge on any atom is 0.178 e. The fraction of sp³-hybridized carbons (Fsp3) is 0.533. The van der Waals surface area contributed by atoms with Crippen molar-refractivity contribution in [1.29, 1.82) is 0 Å². The predicted octanol–water partition coefficient (Wildman–Crippen LogP) is 3.45. The number of para-hydroxylation sites is 1. The van der Waals surface area contributed by atoms with Gasteiger partial charge in [0.05, 0.1) is 24.2 Å².